The molecule has 9 nitrogen and oxygen atoms in total. The van der Waals surface area contributed by atoms with Crippen LogP contribution < -0.4 is 9.47 Å². The summed E-state index contributed by atoms with van der Waals surface area (Å²) in [5, 5.41) is 24.3. The third-order valence-corrected chi connectivity index (χ3v) is 4.59. The van der Waals surface area contributed by atoms with Gasteiger partial charge in [0.2, 0.25) is 17.6 Å². The van der Waals surface area contributed by atoms with Gasteiger partial charge in [0, 0.05) is 12.3 Å². The molecule has 0 saturated carbocycles. The molecule has 1 N–H and O–H groups in total. The average molecular weight is 390 g/mol. The second-order valence-corrected chi connectivity index (χ2v) is 6.37. The lowest BCUT2D eigenvalue weighted by molar-refractivity contribution is 0.366. The summed E-state index contributed by atoms with van der Waals surface area (Å²) in [6.07, 6.45) is 5.01. The summed E-state index contributed by atoms with van der Waals surface area (Å²) in [4.78, 5) is 9.01. The van der Waals surface area contributed by atoms with Gasteiger partial charge >= 0.3 is 0 Å². The van der Waals surface area contributed by atoms with Crippen molar-refractivity contribution in [3.63, 3.8) is 0 Å². The van der Waals surface area contributed by atoms with Crippen LogP contribution in [-0.4, -0.2) is 43.6 Å². The first-order chi connectivity index (χ1) is 14.0. The number of rotatable bonds is 5. The summed E-state index contributed by atoms with van der Waals surface area (Å²) in [7, 11) is 3.08. The van der Waals surface area contributed by atoms with E-state index in [2.05, 4.69) is 10.1 Å². The number of aryl methyl sites for hydroxylation is 1. The van der Waals surface area contributed by atoms with Crippen LogP contribution in [0.25, 0.3) is 27.8 Å². The Balaban J connectivity index is 1.85. The van der Waals surface area contributed by atoms with E-state index in [4.69, 9.17) is 19.7 Å². The maximum Gasteiger partial charge on any atom is 0.225 e. The molecule has 4 rings (SSSR count). The van der Waals surface area contributed by atoms with Gasteiger partial charge < -0.3 is 14.6 Å². The first-order valence-electron chi connectivity index (χ1n) is 8.76. The Kier molecular flexibility index (Phi) is 4.52. The van der Waals surface area contributed by atoms with E-state index in [1.165, 1.54) is 11.8 Å². The van der Waals surface area contributed by atoms with Crippen molar-refractivity contribution in [3.8, 4) is 40.7 Å². The standard InChI is InChI=1S/C20H18N6O3/c1-12-8-15(14-4-5-17(28-2)24-19(14)29-3)23-16-11-26(20(27)18(12)16)13-9-22-25(10-13)7-6-21/h4-5,8-11,27H,7H2,1-3H3. The van der Waals surface area contributed by atoms with Crippen molar-refractivity contribution in [2.24, 2.45) is 0 Å². The Morgan fingerprint density at radius 2 is 2.00 bits per heavy atom. The number of methoxy groups -OCH3 is 2. The molecule has 4 aromatic rings. The Hall–Kier alpha value is -4.06. The lowest BCUT2D eigenvalue weighted by Crippen LogP contribution is -1.96. The van der Waals surface area contributed by atoms with Crippen molar-refractivity contribution in [1.29, 1.82) is 5.26 Å². The van der Waals surface area contributed by atoms with E-state index < -0.39 is 0 Å². The normalized spacial score (nSPS) is 10.8. The van der Waals surface area contributed by atoms with Gasteiger partial charge in [-0.05, 0) is 24.6 Å². The minimum Gasteiger partial charge on any atom is -0.494 e. The Labute approximate surface area is 166 Å². The highest BCUT2D eigenvalue weighted by molar-refractivity contribution is 5.91. The molecule has 0 aliphatic carbocycles. The van der Waals surface area contributed by atoms with Crippen molar-refractivity contribution in [3.05, 3.63) is 42.4 Å². The largest absolute Gasteiger partial charge is 0.494 e. The Morgan fingerprint density at radius 1 is 1.17 bits per heavy atom. The van der Waals surface area contributed by atoms with E-state index in [0.29, 0.717) is 39.6 Å². The number of nitriles is 1. The predicted octanol–water partition coefficient (Wildman–Crippen LogP) is 2.84. The Morgan fingerprint density at radius 3 is 2.72 bits per heavy atom. The zero-order valence-corrected chi connectivity index (χ0v) is 16.1. The fourth-order valence-corrected chi connectivity index (χ4v) is 3.24. The molecule has 0 saturated heterocycles. The first-order valence-corrected chi connectivity index (χ1v) is 8.76. The molecular formula is C20H18N6O3. The topological polar surface area (TPSA) is 111 Å². The molecule has 4 heterocycles. The second kappa shape index (κ2) is 7.16. The third kappa shape index (κ3) is 3.10. The molecule has 0 aliphatic rings. The van der Waals surface area contributed by atoms with Crippen molar-refractivity contribution in [1.82, 2.24) is 24.3 Å². The van der Waals surface area contributed by atoms with Gasteiger partial charge in [-0.25, -0.2) is 4.98 Å². The number of aromatic hydroxyl groups is 1. The summed E-state index contributed by atoms with van der Waals surface area (Å²) in [6.45, 7) is 2.04. The van der Waals surface area contributed by atoms with Crippen molar-refractivity contribution in [2.75, 3.05) is 14.2 Å². The summed E-state index contributed by atoms with van der Waals surface area (Å²) < 4.78 is 13.6. The van der Waals surface area contributed by atoms with Crippen LogP contribution in [0.3, 0.4) is 0 Å². The number of aromatic nitrogens is 5. The highest BCUT2D eigenvalue weighted by Crippen LogP contribution is 2.36. The maximum atomic E-state index is 10.8. The quantitative estimate of drug-likeness (QED) is 0.558. The third-order valence-electron chi connectivity index (χ3n) is 4.59. The highest BCUT2D eigenvalue weighted by atomic mass is 16.5. The number of nitrogens with zero attached hydrogens (tertiary/aromatic N) is 6. The van der Waals surface area contributed by atoms with Crippen molar-refractivity contribution in [2.45, 2.75) is 13.5 Å². The molecule has 0 unspecified atom stereocenters. The highest BCUT2D eigenvalue weighted by Gasteiger charge is 2.18. The first kappa shape index (κ1) is 18.3. The van der Waals surface area contributed by atoms with Crippen molar-refractivity contribution >= 4 is 10.9 Å². The van der Waals surface area contributed by atoms with Crippen LogP contribution >= 0.6 is 0 Å². The number of hydrogen-bond acceptors (Lipinski definition) is 7. The van der Waals surface area contributed by atoms with Crippen molar-refractivity contribution < 1.29 is 14.6 Å². The fraction of sp³-hybridized carbons (Fsp3) is 0.200. The van der Waals surface area contributed by atoms with Gasteiger partial charge in [-0.1, -0.05) is 0 Å². The fourth-order valence-electron chi connectivity index (χ4n) is 3.24. The molecule has 9 heteroatoms. The van der Waals surface area contributed by atoms with Crippen LogP contribution in [0.4, 0.5) is 0 Å². The molecule has 4 aromatic heterocycles. The summed E-state index contributed by atoms with van der Waals surface area (Å²) >= 11 is 0. The van der Waals surface area contributed by atoms with E-state index in [-0.39, 0.29) is 12.4 Å². The van der Waals surface area contributed by atoms with E-state index in [1.807, 2.05) is 25.1 Å². The summed E-state index contributed by atoms with van der Waals surface area (Å²) in [5.41, 5.74) is 3.49. The molecular weight excluding hydrogens is 372 g/mol. The number of pyridine rings is 2. The molecule has 0 bridgehead atoms. The van der Waals surface area contributed by atoms with Gasteiger partial charge in [0.25, 0.3) is 0 Å². The van der Waals surface area contributed by atoms with Crippen LogP contribution in [-0.2, 0) is 6.54 Å². The molecule has 0 fully saturated rings. The lowest BCUT2D eigenvalue weighted by Gasteiger charge is -2.09. The predicted molar refractivity (Wildman–Crippen MR) is 105 cm³/mol. The van der Waals surface area contributed by atoms with Gasteiger partial charge in [-0.2, -0.15) is 15.3 Å². The Bertz CT molecular complexity index is 1250. The van der Waals surface area contributed by atoms with Crippen LogP contribution in [0.5, 0.6) is 17.6 Å². The maximum absolute atomic E-state index is 10.8. The molecule has 0 spiro atoms. The molecule has 29 heavy (non-hydrogen) atoms. The molecule has 0 radical (unpaired) electrons. The molecule has 0 atom stereocenters. The van der Waals surface area contributed by atoms with Gasteiger partial charge in [0.15, 0.2) is 0 Å². The smallest absolute Gasteiger partial charge is 0.225 e. The van der Waals surface area contributed by atoms with E-state index in [9.17, 15) is 5.11 Å². The van der Waals surface area contributed by atoms with E-state index >= 15 is 0 Å². The average Bonchev–Trinajstić information content (AvgIpc) is 3.32. The van der Waals surface area contributed by atoms with Gasteiger partial charge in [-0.3, -0.25) is 9.25 Å². The molecule has 0 amide bonds. The van der Waals surface area contributed by atoms with E-state index in [0.717, 1.165) is 5.56 Å². The van der Waals surface area contributed by atoms with Crippen LogP contribution in [0.1, 0.15) is 5.56 Å². The molecule has 146 valence electrons. The lowest BCUT2D eigenvalue weighted by atomic mass is 10.1. The van der Waals surface area contributed by atoms with Gasteiger partial charge in [0.1, 0.15) is 6.54 Å². The molecule has 0 aliphatic heterocycles. The number of fused-ring (bicyclic) bond motifs is 1. The monoisotopic (exact) mass is 390 g/mol. The molecule has 0 aromatic carbocycles. The van der Waals surface area contributed by atoms with E-state index in [1.54, 1.807) is 36.3 Å². The SMILES string of the molecule is COc1ccc(-c2cc(C)c3c(O)n(-c4cnn(CC#N)c4)cc3n2)c(OC)n1. The van der Waals surface area contributed by atoms with Crippen LogP contribution in [0.15, 0.2) is 36.8 Å². The number of hydrogen-bond donors (Lipinski definition) is 1. The minimum atomic E-state index is 0.0629. The summed E-state index contributed by atoms with van der Waals surface area (Å²) in [5.74, 6) is 0.909. The van der Waals surface area contributed by atoms with Crippen LogP contribution in [0.2, 0.25) is 0 Å². The van der Waals surface area contributed by atoms with Gasteiger partial charge in [0.05, 0.1) is 60.5 Å². The van der Waals surface area contributed by atoms with Crippen LogP contribution in [0, 0.1) is 18.3 Å². The zero-order chi connectivity index (χ0) is 20.5. The summed E-state index contributed by atoms with van der Waals surface area (Å²) in [6, 6.07) is 7.48. The second-order valence-electron chi connectivity index (χ2n) is 6.37. The zero-order valence-electron chi connectivity index (χ0n) is 16.1. The van der Waals surface area contributed by atoms with Gasteiger partial charge in [-0.15, -0.1) is 0 Å². The number of ether oxygens (including phenoxy) is 2. The minimum absolute atomic E-state index is 0.0629.